The Morgan fingerprint density at radius 3 is 2.37 bits per heavy atom. The van der Waals surface area contributed by atoms with Crippen LogP contribution in [0.15, 0.2) is 51.4 Å². The number of nitrogens with one attached hydrogen (secondary N) is 1. The van der Waals surface area contributed by atoms with Gasteiger partial charge in [0.05, 0.1) is 0 Å². The zero-order valence-electron chi connectivity index (χ0n) is 17.7. The van der Waals surface area contributed by atoms with Gasteiger partial charge in [0.1, 0.15) is 11.8 Å². The average molecular weight is 540 g/mol. The minimum absolute atomic E-state index is 0.0478. The van der Waals surface area contributed by atoms with Crippen LogP contribution in [0.2, 0.25) is 0 Å². The van der Waals surface area contributed by atoms with Gasteiger partial charge in [-0.05, 0) is 68.7 Å². The minimum atomic E-state index is -0.620. The molecule has 162 valence electrons. The van der Waals surface area contributed by atoms with Gasteiger partial charge in [0.2, 0.25) is 5.91 Å². The van der Waals surface area contributed by atoms with Gasteiger partial charge in [-0.25, -0.2) is 0 Å². The maximum Gasteiger partial charge on any atom is 0.261 e. The number of carbonyl (C=O) groups is 2. The Kier molecular flexibility index (Phi) is 9.37. The third kappa shape index (κ3) is 7.13. The topological polar surface area (TPSA) is 58.6 Å². The second-order valence-electron chi connectivity index (χ2n) is 7.34. The summed E-state index contributed by atoms with van der Waals surface area (Å²) in [5.74, 6) is 0.198. The van der Waals surface area contributed by atoms with E-state index in [1.165, 1.54) is 0 Å². The lowest BCUT2D eigenvalue weighted by Crippen LogP contribution is -2.50. The highest BCUT2D eigenvalue weighted by Crippen LogP contribution is 2.22. The van der Waals surface area contributed by atoms with Crippen molar-refractivity contribution >= 4 is 43.7 Å². The molecule has 0 aromatic heterocycles. The quantitative estimate of drug-likeness (QED) is 0.474. The fourth-order valence-electron chi connectivity index (χ4n) is 2.77. The van der Waals surface area contributed by atoms with Crippen molar-refractivity contribution in [2.24, 2.45) is 0 Å². The monoisotopic (exact) mass is 538 g/mol. The minimum Gasteiger partial charge on any atom is -0.484 e. The number of ether oxygens (including phenoxy) is 1. The van der Waals surface area contributed by atoms with E-state index in [2.05, 4.69) is 37.2 Å². The molecule has 0 aliphatic carbocycles. The van der Waals surface area contributed by atoms with Crippen LogP contribution in [0.5, 0.6) is 5.75 Å². The van der Waals surface area contributed by atoms with Gasteiger partial charge in [0.15, 0.2) is 6.61 Å². The Labute approximate surface area is 195 Å². The highest BCUT2D eigenvalue weighted by atomic mass is 79.9. The molecule has 0 saturated heterocycles. The number of aryl methyl sites for hydroxylation is 1. The van der Waals surface area contributed by atoms with E-state index >= 15 is 0 Å². The van der Waals surface area contributed by atoms with Crippen LogP contribution in [0, 0.1) is 6.92 Å². The Hall–Kier alpha value is -1.86. The standard InChI is InChI=1S/C23H28Br2N2O3/c1-5-16(3)26-23(29)17(4)27(13-18-6-8-19(24)9-7-18)22(28)14-30-20-10-11-21(25)15(2)12-20/h6-12,16-17H,5,13-14H2,1-4H3,(H,26,29)/t16-,17+/m0/s1. The molecule has 5 nitrogen and oxygen atoms in total. The van der Waals surface area contributed by atoms with Crippen molar-refractivity contribution in [3.05, 3.63) is 62.5 Å². The molecule has 7 heteroatoms. The molecule has 0 aliphatic rings. The van der Waals surface area contributed by atoms with Gasteiger partial charge in [0, 0.05) is 21.5 Å². The van der Waals surface area contributed by atoms with E-state index in [9.17, 15) is 9.59 Å². The predicted octanol–water partition coefficient (Wildman–Crippen LogP) is 5.23. The summed E-state index contributed by atoms with van der Waals surface area (Å²) in [5, 5.41) is 2.96. The van der Waals surface area contributed by atoms with Gasteiger partial charge >= 0.3 is 0 Å². The van der Waals surface area contributed by atoms with Crippen molar-refractivity contribution in [2.75, 3.05) is 6.61 Å². The lowest BCUT2D eigenvalue weighted by atomic mass is 10.1. The van der Waals surface area contributed by atoms with E-state index in [4.69, 9.17) is 4.74 Å². The summed E-state index contributed by atoms with van der Waals surface area (Å²) in [6.45, 7) is 7.85. The molecule has 2 aromatic rings. The van der Waals surface area contributed by atoms with E-state index < -0.39 is 6.04 Å². The summed E-state index contributed by atoms with van der Waals surface area (Å²) in [4.78, 5) is 27.3. The summed E-state index contributed by atoms with van der Waals surface area (Å²) in [6.07, 6.45) is 0.825. The summed E-state index contributed by atoms with van der Waals surface area (Å²) in [6, 6.07) is 12.7. The fourth-order valence-corrected chi connectivity index (χ4v) is 3.28. The van der Waals surface area contributed by atoms with Crippen molar-refractivity contribution in [3.63, 3.8) is 0 Å². The molecule has 30 heavy (non-hydrogen) atoms. The van der Waals surface area contributed by atoms with Gasteiger partial charge in [-0.3, -0.25) is 9.59 Å². The van der Waals surface area contributed by atoms with E-state index in [-0.39, 0.29) is 24.5 Å². The second kappa shape index (κ2) is 11.5. The zero-order chi connectivity index (χ0) is 22.3. The summed E-state index contributed by atoms with van der Waals surface area (Å²) >= 11 is 6.88. The number of nitrogens with zero attached hydrogens (tertiary/aromatic N) is 1. The lowest BCUT2D eigenvalue weighted by Gasteiger charge is -2.29. The highest BCUT2D eigenvalue weighted by Gasteiger charge is 2.27. The first-order valence-electron chi connectivity index (χ1n) is 9.94. The highest BCUT2D eigenvalue weighted by molar-refractivity contribution is 9.10. The van der Waals surface area contributed by atoms with Crippen LogP contribution in [-0.2, 0) is 16.1 Å². The molecule has 0 saturated carbocycles. The number of hydrogen-bond donors (Lipinski definition) is 1. The summed E-state index contributed by atoms with van der Waals surface area (Å²) in [7, 11) is 0. The van der Waals surface area contributed by atoms with Crippen molar-refractivity contribution in [3.8, 4) is 5.75 Å². The number of halogens is 2. The number of benzene rings is 2. The summed E-state index contributed by atoms with van der Waals surface area (Å²) in [5.41, 5.74) is 1.96. The number of carbonyl (C=O) groups excluding carboxylic acids is 2. The average Bonchev–Trinajstić information content (AvgIpc) is 2.73. The van der Waals surface area contributed by atoms with Crippen LogP contribution < -0.4 is 10.1 Å². The van der Waals surface area contributed by atoms with Gasteiger partial charge < -0.3 is 15.0 Å². The second-order valence-corrected chi connectivity index (χ2v) is 9.11. The Balaban J connectivity index is 2.15. The van der Waals surface area contributed by atoms with Crippen LogP contribution in [0.1, 0.15) is 38.3 Å². The van der Waals surface area contributed by atoms with E-state index in [1.54, 1.807) is 11.8 Å². The van der Waals surface area contributed by atoms with Crippen molar-refractivity contribution in [1.82, 2.24) is 10.2 Å². The largest absolute Gasteiger partial charge is 0.484 e. The predicted molar refractivity (Wildman–Crippen MR) is 126 cm³/mol. The third-order valence-corrected chi connectivity index (χ3v) is 6.34. The maximum atomic E-state index is 13.0. The molecule has 0 fully saturated rings. The molecule has 0 spiro atoms. The van der Waals surface area contributed by atoms with Crippen LogP contribution in [-0.4, -0.2) is 35.4 Å². The molecule has 2 atom stereocenters. The fraction of sp³-hybridized carbons (Fsp3) is 0.391. The normalized spacial score (nSPS) is 12.7. The third-order valence-electron chi connectivity index (χ3n) is 4.93. The van der Waals surface area contributed by atoms with Crippen molar-refractivity contribution in [1.29, 1.82) is 0 Å². The van der Waals surface area contributed by atoms with Gasteiger partial charge in [-0.2, -0.15) is 0 Å². The molecule has 0 radical (unpaired) electrons. The van der Waals surface area contributed by atoms with Crippen molar-refractivity contribution in [2.45, 2.75) is 52.7 Å². The smallest absolute Gasteiger partial charge is 0.261 e. The molecular weight excluding hydrogens is 512 g/mol. The number of amides is 2. The molecule has 2 amide bonds. The zero-order valence-corrected chi connectivity index (χ0v) is 20.9. The molecule has 0 heterocycles. The van der Waals surface area contributed by atoms with E-state index in [1.807, 2.05) is 63.2 Å². The summed E-state index contributed by atoms with van der Waals surface area (Å²) < 4.78 is 7.66. The van der Waals surface area contributed by atoms with Crippen LogP contribution >= 0.6 is 31.9 Å². The first kappa shape index (κ1) is 24.4. The van der Waals surface area contributed by atoms with Gasteiger partial charge in [-0.15, -0.1) is 0 Å². The first-order valence-corrected chi connectivity index (χ1v) is 11.5. The van der Waals surface area contributed by atoms with Gasteiger partial charge in [-0.1, -0.05) is 50.9 Å². The molecular formula is C23H28Br2N2O3. The lowest BCUT2D eigenvalue weighted by molar-refractivity contribution is -0.142. The SMILES string of the molecule is CC[C@H](C)NC(=O)[C@@H](C)N(Cc1ccc(Br)cc1)C(=O)COc1ccc(Br)c(C)c1. The van der Waals surface area contributed by atoms with E-state index in [0.29, 0.717) is 12.3 Å². The first-order chi connectivity index (χ1) is 14.2. The van der Waals surface area contributed by atoms with Crippen LogP contribution in [0.4, 0.5) is 0 Å². The molecule has 0 bridgehead atoms. The molecule has 2 rings (SSSR count). The van der Waals surface area contributed by atoms with Gasteiger partial charge in [0.25, 0.3) is 5.91 Å². The van der Waals surface area contributed by atoms with E-state index in [0.717, 1.165) is 26.5 Å². The molecule has 2 aromatic carbocycles. The van der Waals surface area contributed by atoms with Crippen LogP contribution in [0.25, 0.3) is 0 Å². The Bertz CT molecular complexity index is 871. The van der Waals surface area contributed by atoms with Crippen molar-refractivity contribution < 1.29 is 14.3 Å². The molecule has 0 aliphatic heterocycles. The maximum absolute atomic E-state index is 13.0. The Morgan fingerprint density at radius 1 is 1.10 bits per heavy atom. The number of rotatable bonds is 9. The Morgan fingerprint density at radius 2 is 1.77 bits per heavy atom. The molecule has 1 N–H and O–H groups in total. The molecule has 0 unspecified atom stereocenters. The van der Waals surface area contributed by atoms with Crippen LogP contribution in [0.3, 0.4) is 0 Å². The number of hydrogen-bond acceptors (Lipinski definition) is 3.